The van der Waals surface area contributed by atoms with Crippen LogP contribution in [-0.4, -0.2) is 47.0 Å². The number of nitrogens with one attached hydrogen (secondary N) is 2. The summed E-state index contributed by atoms with van der Waals surface area (Å²) in [5, 5.41) is 15.2. The van der Waals surface area contributed by atoms with Gasteiger partial charge in [0.05, 0.1) is 11.3 Å². The second-order valence-electron chi connectivity index (χ2n) is 7.80. The van der Waals surface area contributed by atoms with Gasteiger partial charge in [-0.1, -0.05) is 20.3 Å². The van der Waals surface area contributed by atoms with E-state index in [0.717, 1.165) is 31.4 Å². The molecule has 0 radical (unpaired) electrons. The van der Waals surface area contributed by atoms with Crippen LogP contribution in [0.15, 0.2) is 0 Å². The number of carbonyl (C=O) groups excluding carboxylic acids is 2. The SMILES string of the molecule is CC(C)C(C(=O)NCCNC(=O)CCCCC(S)CCS)C(C)(C)C(=O)O. The predicted molar refractivity (Wildman–Crippen MR) is 115 cm³/mol. The number of rotatable bonds is 14. The van der Waals surface area contributed by atoms with Crippen molar-refractivity contribution in [1.82, 2.24) is 10.6 Å². The first-order valence-electron chi connectivity index (χ1n) is 9.60. The molecule has 2 amide bonds. The molecule has 0 bridgehead atoms. The van der Waals surface area contributed by atoms with Crippen LogP contribution in [0.4, 0.5) is 0 Å². The van der Waals surface area contributed by atoms with Gasteiger partial charge in [-0.15, -0.1) is 0 Å². The summed E-state index contributed by atoms with van der Waals surface area (Å²) >= 11 is 8.64. The Morgan fingerprint density at radius 1 is 1.04 bits per heavy atom. The van der Waals surface area contributed by atoms with Crippen LogP contribution in [0.5, 0.6) is 0 Å². The summed E-state index contributed by atoms with van der Waals surface area (Å²) in [5.74, 6) is -1.26. The van der Waals surface area contributed by atoms with Crippen molar-refractivity contribution in [3.05, 3.63) is 0 Å². The molecule has 0 spiro atoms. The van der Waals surface area contributed by atoms with Gasteiger partial charge in [-0.05, 0) is 44.8 Å². The van der Waals surface area contributed by atoms with E-state index >= 15 is 0 Å². The second-order valence-corrected chi connectivity index (χ2v) is 8.98. The Balaban J connectivity index is 4.13. The number of amides is 2. The van der Waals surface area contributed by atoms with E-state index in [9.17, 15) is 19.5 Å². The molecule has 0 aliphatic rings. The third-order valence-corrected chi connectivity index (χ3v) is 5.45. The minimum atomic E-state index is -1.15. The van der Waals surface area contributed by atoms with Gasteiger partial charge < -0.3 is 15.7 Å². The van der Waals surface area contributed by atoms with E-state index in [2.05, 4.69) is 35.9 Å². The average Bonchev–Trinajstić information content (AvgIpc) is 2.55. The number of aliphatic carboxylic acids is 1. The fourth-order valence-corrected chi connectivity index (χ4v) is 3.97. The number of hydrogen-bond donors (Lipinski definition) is 5. The van der Waals surface area contributed by atoms with Crippen LogP contribution in [-0.2, 0) is 14.4 Å². The second kappa shape index (κ2) is 13.3. The number of unbranched alkanes of at least 4 members (excludes halogenated alkanes) is 1. The molecule has 158 valence electrons. The normalized spacial score (nSPS) is 13.9. The molecule has 2 atom stereocenters. The molecule has 0 rings (SSSR count). The van der Waals surface area contributed by atoms with Crippen molar-refractivity contribution in [2.24, 2.45) is 17.3 Å². The Labute approximate surface area is 174 Å². The lowest BCUT2D eigenvalue weighted by Crippen LogP contribution is -2.47. The molecule has 8 heteroatoms. The molecule has 0 aromatic carbocycles. The smallest absolute Gasteiger partial charge is 0.309 e. The Morgan fingerprint density at radius 2 is 1.63 bits per heavy atom. The first kappa shape index (κ1) is 26.1. The van der Waals surface area contributed by atoms with Gasteiger partial charge in [-0.25, -0.2) is 0 Å². The highest BCUT2D eigenvalue weighted by atomic mass is 32.1. The molecule has 0 fully saturated rings. The summed E-state index contributed by atoms with van der Waals surface area (Å²) in [5.41, 5.74) is -1.15. The molecule has 0 aromatic heterocycles. The van der Waals surface area contributed by atoms with Crippen molar-refractivity contribution in [1.29, 1.82) is 0 Å². The molecular weight excluding hydrogens is 384 g/mol. The Kier molecular flexibility index (Phi) is 12.9. The van der Waals surface area contributed by atoms with Gasteiger partial charge in [0.1, 0.15) is 0 Å². The molecule has 27 heavy (non-hydrogen) atoms. The highest BCUT2D eigenvalue weighted by Gasteiger charge is 2.43. The lowest BCUT2D eigenvalue weighted by Gasteiger charge is -2.32. The van der Waals surface area contributed by atoms with E-state index in [1.54, 1.807) is 13.8 Å². The number of carbonyl (C=O) groups is 3. The van der Waals surface area contributed by atoms with Crippen molar-refractivity contribution in [2.75, 3.05) is 18.8 Å². The third-order valence-electron chi connectivity index (χ3n) is 4.68. The predicted octanol–water partition coefficient (Wildman–Crippen LogP) is 2.78. The molecule has 0 saturated carbocycles. The van der Waals surface area contributed by atoms with Crippen molar-refractivity contribution < 1.29 is 19.5 Å². The zero-order chi connectivity index (χ0) is 21.0. The lowest BCUT2D eigenvalue weighted by molar-refractivity contribution is -0.155. The summed E-state index contributed by atoms with van der Waals surface area (Å²) in [7, 11) is 0. The van der Waals surface area contributed by atoms with Crippen LogP contribution in [0.1, 0.15) is 59.8 Å². The minimum absolute atomic E-state index is 0.0413. The Morgan fingerprint density at radius 3 is 2.15 bits per heavy atom. The molecule has 6 nitrogen and oxygen atoms in total. The maximum Gasteiger partial charge on any atom is 0.309 e. The van der Waals surface area contributed by atoms with Crippen LogP contribution in [0.2, 0.25) is 0 Å². The molecule has 3 N–H and O–H groups in total. The van der Waals surface area contributed by atoms with Gasteiger partial charge in [0, 0.05) is 24.8 Å². The quantitative estimate of drug-likeness (QED) is 0.221. The molecule has 0 heterocycles. The van der Waals surface area contributed by atoms with Crippen LogP contribution < -0.4 is 10.6 Å². The van der Waals surface area contributed by atoms with Gasteiger partial charge in [-0.3, -0.25) is 14.4 Å². The van der Waals surface area contributed by atoms with Crippen LogP contribution in [0, 0.1) is 17.3 Å². The standard InChI is InChI=1S/C19H36N2O4S2/c1-13(2)16(19(3,4)18(24)25)17(23)21-11-10-20-15(22)8-6-5-7-14(27)9-12-26/h13-14,16,26-27H,5-12H2,1-4H3,(H,20,22)(H,21,23)(H,24,25). The largest absolute Gasteiger partial charge is 0.481 e. The zero-order valence-electron chi connectivity index (χ0n) is 17.0. The van der Waals surface area contributed by atoms with E-state index < -0.39 is 17.3 Å². The van der Waals surface area contributed by atoms with Gasteiger partial charge in [-0.2, -0.15) is 25.3 Å². The molecule has 0 aromatic rings. The monoisotopic (exact) mass is 420 g/mol. The fourth-order valence-electron chi connectivity index (χ4n) is 3.14. The highest BCUT2D eigenvalue weighted by Crippen LogP contribution is 2.33. The molecule has 0 aliphatic carbocycles. The van der Waals surface area contributed by atoms with E-state index in [1.165, 1.54) is 0 Å². The van der Waals surface area contributed by atoms with Crippen LogP contribution in [0.3, 0.4) is 0 Å². The van der Waals surface area contributed by atoms with Crippen molar-refractivity contribution >= 4 is 43.0 Å². The summed E-state index contributed by atoms with van der Waals surface area (Å²) in [6.07, 6.45) is 4.16. The summed E-state index contributed by atoms with van der Waals surface area (Å²) < 4.78 is 0. The van der Waals surface area contributed by atoms with Gasteiger partial charge in [0.25, 0.3) is 0 Å². The Hall–Kier alpha value is -0.890. The molecule has 0 saturated heterocycles. The van der Waals surface area contributed by atoms with Gasteiger partial charge in [0.2, 0.25) is 11.8 Å². The lowest BCUT2D eigenvalue weighted by atomic mass is 9.72. The van der Waals surface area contributed by atoms with E-state index in [1.807, 2.05) is 13.8 Å². The van der Waals surface area contributed by atoms with E-state index in [-0.39, 0.29) is 24.3 Å². The zero-order valence-corrected chi connectivity index (χ0v) is 18.7. The first-order valence-corrected chi connectivity index (χ1v) is 10.8. The summed E-state index contributed by atoms with van der Waals surface area (Å²) in [6, 6.07) is 0. The van der Waals surface area contributed by atoms with Gasteiger partial charge >= 0.3 is 5.97 Å². The number of hydrogen-bond acceptors (Lipinski definition) is 5. The summed E-state index contributed by atoms with van der Waals surface area (Å²) in [6.45, 7) is 7.41. The van der Waals surface area contributed by atoms with Crippen LogP contribution >= 0.6 is 25.3 Å². The number of carboxylic acids is 1. The van der Waals surface area contributed by atoms with E-state index in [0.29, 0.717) is 18.2 Å². The minimum Gasteiger partial charge on any atom is -0.481 e. The third kappa shape index (κ3) is 10.3. The van der Waals surface area contributed by atoms with Crippen molar-refractivity contribution in [3.63, 3.8) is 0 Å². The average molecular weight is 421 g/mol. The van der Waals surface area contributed by atoms with E-state index in [4.69, 9.17) is 0 Å². The highest BCUT2D eigenvalue weighted by molar-refractivity contribution is 7.81. The summed E-state index contributed by atoms with van der Waals surface area (Å²) in [4.78, 5) is 35.7. The number of thiol groups is 2. The topological polar surface area (TPSA) is 95.5 Å². The number of carboxylic acid groups (broad SMARTS) is 1. The molecule has 0 aliphatic heterocycles. The van der Waals surface area contributed by atoms with Crippen LogP contribution in [0.25, 0.3) is 0 Å². The van der Waals surface area contributed by atoms with Crippen molar-refractivity contribution in [3.8, 4) is 0 Å². The maximum absolute atomic E-state index is 12.4. The first-order chi connectivity index (χ1) is 12.5. The molecule has 2 unspecified atom stereocenters. The molecular formula is C19H36N2O4S2. The Bertz CT molecular complexity index is 484. The van der Waals surface area contributed by atoms with Gasteiger partial charge in [0.15, 0.2) is 0 Å². The maximum atomic E-state index is 12.4. The fraction of sp³-hybridized carbons (Fsp3) is 0.842. The van der Waals surface area contributed by atoms with Crippen molar-refractivity contribution in [2.45, 2.75) is 65.0 Å².